The quantitative estimate of drug-likeness (QED) is 0.335. The number of halogens is 1. The number of rotatable bonds is 1. The number of nitrogens with zero attached hydrogens (tertiary/aromatic N) is 3. The number of allylic oxidation sites excluding steroid dienone is 2. The maximum Gasteiger partial charge on any atom is 0.410 e. The van der Waals surface area contributed by atoms with Gasteiger partial charge in [0, 0.05) is 36.4 Å². The Morgan fingerprint density at radius 1 is 1.23 bits per heavy atom. The number of carbonyl (C=O) groups excluding carboxylic acids is 2. The Labute approximate surface area is 261 Å². The largest absolute Gasteiger partial charge is 0.493 e. The molecule has 9 nitrogen and oxygen atoms in total. The van der Waals surface area contributed by atoms with Crippen molar-refractivity contribution in [2.45, 2.75) is 65.9 Å². The number of anilines is 1. The summed E-state index contributed by atoms with van der Waals surface area (Å²) in [6.45, 7) is 13.7. The molecule has 2 unspecified atom stereocenters. The van der Waals surface area contributed by atoms with E-state index in [4.69, 9.17) is 21.1 Å². The van der Waals surface area contributed by atoms with Crippen molar-refractivity contribution in [3.8, 4) is 0 Å². The van der Waals surface area contributed by atoms with Gasteiger partial charge in [-0.25, -0.2) is 14.8 Å². The first-order valence-electron chi connectivity index (χ1n) is 15.0. The highest BCUT2D eigenvalue weighted by Gasteiger charge is 2.29. The van der Waals surface area contributed by atoms with Crippen LogP contribution in [0.4, 0.5) is 10.5 Å². The zero-order valence-electron chi connectivity index (χ0n) is 25.9. The molecule has 0 saturated heterocycles. The molecule has 4 rings (SSSR count). The number of nitrogens with one attached hydrogen (secondary N) is 2. The van der Waals surface area contributed by atoms with Crippen LogP contribution in [0.3, 0.4) is 0 Å². The SMILES string of the molecule is C=NC1=NCC(=C/C)/C=C\C(=CCl)OCCCN(C(=O)OC2CCCC(C)C2)CC(C)(C)CNC(=O)c2ccc(cc2)N1. The van der Waals surface area contributed by atoms with Crippen LogP contribution in [0.15, 0.2) is 69.3 Å². The fourth-order valence-electron chi connectivity index (χ4n) is 5.05. The molecule has 2 N–H and O–H groups in total. The zero-order chi connectivity index (χ0) is 31.2. The number of carbonyl (C=O) groups is 2. The number of hydrogen-bond acceptors (Lipinski definition) is 7. The van der Waals surface area contributed by atoms with Gasteiger partial charge in [0.25, 0.3) is 5.91 Å². The number of guanidine groups is 1. The Morgan fingerprint density at radius 2 is 2.00 bits per heavy atom. The van der Waals surface area contributed by atoms with E-state index >= 15 is 0 Å². The van der Waals surface area contributed by atoms with E-state index in [-0.39, 0.29) is 18.1 Å². The molecule has 3 aliphatic rings. The molecule has 2 amide bonds. The molecule has 1 fully saturated rings. The number of aliphatic imine (C=N–C) groups is 2. The van der Waals surface area contributed by atoms with Gasteiger partial charge >= 0.3 is 6.09 Å². The lowest BCUT2D eigenvalue weighted by Gasteiger charge is -2.34. The van der Waals surface area contributed by atoms with E-state index in [2.05, 4.69) is 34.3 Å². The van der Waals surface area contributed by atoms with Crippen LogP contribution in [0.25, 0.3) is 0 Å². The second kappa shape index (κ2) is 16.9. The predicted molar refractivity (Wildman–Crippen MR) is 175 cm³/mol. The van der Waals surface area contributed by atoms with E-state index in [9.17, 15) is 9.59 Å². The summed E-state index contributed by atoms with van der Waals surface area (Å²) in [5.41, 5.74) is 3.14. The van der Waals surface area contributed by atoms with Gasteiger partial charge in [-0.3, -0.25) is 4.79 Å². The van der Waals surface area contributed by atoms with Crippen molar-refractivity contribution in [1.82, 2.24) is 10.2 Å². The normalized spacial score (nSPS) is 25.3. The third-order valence-electron chi connectivity index (χ3n) is 7.51. The average Bonchev–Trinajstić information content (AvgIpc) is 2.99. The van der Waals surface area contributed by atoms with Gasteiger partial charge in [0.2, 0.25) is 5.96 Å². The Balaban J connectivity index is 1.81. The monoisotopic (exact) mass is 611 g/mol. The van der Waals surface area contributed by atoms with E-state index in [0.29, 0.717) is 62.4 Å². The molecular weight excluding hydrogens is 566 g/mol. The van der Waals surface area contributed by atoms with Crippen LogP contribution >= 0.6 is 11.6 Å². The summed E-state index contributed by atoms with van der Waals surface area (Å²) in [4.78, 5) is 36.6. The lowest BCUT2D eigenvalue weighted by Crippen LogP contribution is -2.46. The highest BCUT2D eigenvalue weighted by Crippen LogP contribution is 2.27. The maximum absolute atomic E-state index is 13.4. The molecule has 2 bridgehead atoms. The van der Waals surface area contributed by atoms with Gasteiger partial charge < -0.3 is 25.0 Å². The van der Waals surface area contributed by atoms with Crippen LogP contribution in [-0.4, -0.2) is 68.5 Å². The lowest BCUT2D eigenvalue weighted by atomic mass is 9.89. The molecule has 0 radical (unpaired) electrons. The summed E-state index contributed by atoms with van der Waals surface area (Å²) in [6.07, 6.45) is 9.81. The van der Waals surface area contributed by atoms with Crippen molar-refractivity contribution < 1.29 is 19.1 Å². The van der Waals surface area contributed by atoms with Gasteiger partial charge in [-0.1, -0.05) is 50.9 Å². The number of hydrogen-bond donors (Lipinski definition) is 2. The van der Waals surface area contributed by atoms with Crippen LogP contribution in [0.5, 0.6) is 0 Å². The van der Waals surface area contributed by atoms with Crippen LogP contribution in [0.1, 0.15) is 70.2 Å². The second-order valence-electron chi connectivity index (χ2n) is 12.0. The first-order chi connectivity index (χ1) is 20.6. The van der Waals surface area contributed by atoms with E-state index in [0.717, 1.165) is 30.5 Å². The summed E-state index contributed by atoms with van der Waals surface area (Å²) in [6, 6.07) is 7.07. The Bertz CT molecular complexity index is 1220. The van der Waals surface area contributed by atoms with Crippen molar-refractivity contribution in [2.24, 2.45) is 21.3 Å². The van der Waals surface area contributed by atoms with Gasteiger partial charge in [-0.05, 0) is 86.6 Å². The van der Waals surface area contributed by atoms with E-state index in [1.807, 2.05) is 32.9 Å². The summed E-state index contributed by atoms with van der Waals surface area (Å²) in [5.74, 6) is 1.21. The van der Waals surface area contributed by atoms with Crippen LogP contribution in [0, 0.1) is 11.3 Å². The van der Waals surface area contributed by atoms with E-state index in [1.54, 1.807) is 35.2 Å². The van der Waals surface area contributed by atoms with Gasteiger partial charge in [-0.15, -0.1) is 0 Å². The van der Waals surface area contributed by atoms with Gasteiger partial charge in [0.05, 0.1) is 13.2 Å². The Hall–Kier alpha value is -3.59. The first kappa shape index (κ1) is 33.9. The number of amides is 2. The molecule has 43 heavy (non-hydrogen) atoms. The topological polar surface area (TPSA) is 105 Å². The number of ether oxygens (including phenoxy) is 2. The molecule has 0 spiro atoms. The Kier molecular flexibility index (Phi) is 13.3. The fraction of sp³-hybridized carbons (Fsp3) is 0.515. The van der Waals surface area contributed by atoms with Gasteiger partial charge in [0.1, 0.15) is 11.9 Å². The van der Waals surface area contributed by atoms with Gasteiger partial charge in [-0.2, -0.15) is 0 Å². The van der Waals surface area contributed by atoms with E-state index in [1.165, 1.54) is 12.0 Å². The molecule has 10 heteroatoms. The molecule has 0 aromatic heterocycles. The average molecular weight is 612 g/mol. The highest BCUT2D eigenvalue weighted by molar-refractivity contribution is 6.25. The third-order valence-corrected chi connectivity index (χ3v) is 7.72. The van der Waals surface area contributed by atoms with E-state index < -0.39 is 5.41 Å². The minimum Gasteiger partial charge on any atom is -0.493 e. The lowest BCUT2D eigenvalue weighted by molar-refractivity contribution is 0.0272. The highest BCUT2D eigenvalue weighted by atomic mass is 35.5. The Morgan fingerprint density at radius 3 is 2.67 bits per heavy atom. The summed E-state index contributed by atoms with van der Waals surface area (Å²) >= 11 is 6.05. The van der Waals surface area contributed by atoms with Crippen LogP contribution < -0.4 is 10.6 Å². The summed E-state index contributed by atoms with van der Waals surface area (Å²) in [5, 5.41) is 6.16. The molecule has 2 aliphatic heterocycles. The standard InChI is InChI=1S/C33H46ClN5O4/c1-6-25-11-16-29(20-34)42-18-8-17-39(32(41)43-28-10-7-9-24(2)19-28)23-33(3,4)22-37-30(40)26-12-14-27(15-13-26)38-31(35-5)36-21-25/h6,11-16,20,24,28H,5,7-10,17-19,21-23H2,1-4H3,(H,36,38)(H,37,40)/b16-11-,25-6+,29-20?. The summed E-state index contributed by atoms with van der Waals surface area (Å²) < 4.78 is 11.9. The predicted octanol–water partition coefficient (Wildman–Crippen LogP) is 6.93. The fourth-order valence-corrected chi connectivity index (χ4v) is 5.19. The molecule has 1 aliphatic carbocycles. The van der Waals surface area contributed by atoms with Crippen molar-refractivity contribution in [3.05, 3.63) is 64.9 Å². The van der Waals surface area contributed by atoms with Crippen LogP contribution in [0.2, 0.25) is 0 Å². The third kappa shape index (κ3) is 11.5. The van der Waals surface area contributed by atoms with Crippen molar-refractivity contribution >= 4 is 42.0 Å². The first-order valence-corrected chi connectivity index (χ1v) is 15.4. The minimum absolute atomic E-state index is 0.0680. The van der Waals surface area contributed by atoms with Crippen molar-refractivity contribution in [2.75, 3.05) is 38.1 Å². The zero-order valence-corrected chi connectivity index (χ0v) is 26.7. The molecule has 2 atom stereocenters. The summed E-state index contributed by atoms with van der Waals surface area (Å²) in [7, 11) is 0. The maximum atomic E-state index is 13.4. The molecule has 1 aromatic rings. The minimum atomic E-state index is -0.415. The van der Waals surface area contributed by atoms with Gasteiger partial charge in [0.15, 0.2) is 0 Å². The molecular formula is C33H46ClN5O4. The number of fused-ring (bicyclic) bond motifs is 17. The molecule has 1 saturated carbocycles. The second-order valence-corrected chi connectivity index (χ2v) is 12.2. The van der Waals surface area contributed by atoms with Crippen molar-refractivity contribution in [3.63, 3.8) is 0 Å². The smallest absolute Gasteiger partial charge is 0.410 e. The molecule has 2 heterocycles. The van der Waals surface area contributed by atoms with Crippen LogP contribution in [-0.2, 0) is 9.47 Å². The molecule has 1 aromatic carbocycles. The molecule has 234 valence electrons. The number of benzene rings is 1. The van der Waals surface area contributed by atoms with Crippen molar-refractivity contribution in [1.29, 1.82) is 0 Å².